The topological polar surface area (TPSA) is 68.3 Å². The first-order valence-corrected chi connectivity index (χ1v) is 8.63. The van der Waals surface area contributed by atoms with Crippen molar-refractivity contribution < 1.29 is 23.8 Å². The minimum Gasteiger partial charge on any atom is -0.465 e. The molecule has 142 valence electrons. The molecule has 1 saturated heterocycles. The van der Waals surface area contributed by atoms with Crippen molar-refractivity contribution in [3.63, 3.8) is 0 Å². The van der Waals surface area contributed by atoms with E-state index in [0.717, 1.165) is 24.5 Å². The molecule has 0 atom stereocenters. The molecule has 0 amide bonds. The van der Waals surface area contributed by atoms with E-state index in [0.29, 0.717) is 13.2 Å². The third-order valence-electron chi connectivity index (χ3n) is 4.39. The van der Waals surface area contributed by atoms with Crippen LogP contribution in [-0.2, 0) is 23.8 Å². The number of carbonyl (C=O) groups is 2. The maximum absolute atomic E-state index is 12.4. The number of esters is 2. The van der Waals surface area contributed by atoms with Gasteiger partial charge in [-0.1, -0.05) is 6.08 Å². The molecule has 2 heterocycles. The standard InChI is InChI=1S/C20H22N2O5/c1-25-19(23)17-5-3-4-10-22(18(17)20(24)26-2)16-8-6-15(7-9-16)21-11-13-27-14-12-21/h3-10H,11-14H2,1-2H3. The lowest BCUT2D eigenvalue weighted by atomic mass is 10.1. The third-order valence-corrected chi connectivity index (χ3v) is 4.39. The lowest BCUT2D eigenvalue weighted by molar-refractivity contribution is -0.139. The second kappa shape index (κ2) is 8.55. The molecule has 7 heteroatoms. The van der Waals surface area contributed by atoms with E-state index in [2.05, 4.69) is 4.90 Å². The van der Waals surface area contributed by atoms with Crippen LogP contribution < -0.4 is 9.80 Å². The third kappa shape index (κ3) is 4.03. The van der Waals surface area contributed by atoms with Gasteiger partial charge in [-0.25, -0.2) is 9.59 Å². The molecule has 0 saturated carbocycles. The molecule has 1 fully saturated rings. The van der Waals surface area contributed by atoms with Gasteiger partial charge >= 0.3 is 11.9 Å². The summed E-state index contributed by atoms with van der Waals surface area (Å²) < 4.78 is 15.1. The predicted molar refractivity (Wildman–Crippen MR) is 101 cm³/mol. The molecule has 0 radical (unpaired) electrons. The highest BCUT2D eigenvalue weighted by Gasteiger charge is 2.27. The smallest absolute Gasteiger partial charge is 0.355 e. The van der Waals surface area contributed by atoms with Gasteiger partial charge in [-0.2, -0.15) is 0 Å². The predicted octanol–water partition coefficient (Wildman–Crippen LogP) is 2.01. The Hall–Kier alpha value is -3.06. The number of morpholine rings is 1. The van der Waals surface area contributed by atoms with Crippen LogP contribution in [0.5, 0.6) is 0 Å². The first-order chi connectivity index (χ1) is 13.2. The first kappa shape index (κ1) is 18.7. The minimum absolute atomic E-state index is 0.105. The van der Waals surface area contributed by atoms with Gasteiger partial charge in [-0.15, -0.1) is 0 Å². The van der Waals surface area contributed by atoms with Gasteiger partial charge in [0.1, 0.15) is 5.70 Å². The molecule has 7 nitrogen and oxygen atoms in total. The summed E-state index contributed by atoms with van der Waals surface area (Å²) in [6, 6.07) is 7.77. The van der Waals surface area contributed by atoms with Gasteiger partial charge in [0.15, 0.2) is 0 Å². The number of methoxy groups -OCH3 is 2. The van der Waals surface area contributed by atoms with Crippen LogP contribution in [0.2, 0.25) is 0 Å². The van der Waals surface area contributed by atoms with Gasteiger partial charge in [0.2, 0.25) is 0 Å². The summed E-state index contributed by atoms with van der Waals surface area (Å²) in [6.45, 7) is 3.10. The van der Waals surface area contributed by atoms with Crippen LogP contribution in [0.4, 0.5) is 11.4 Å². The molecule has 1 aromatic rings. The Kier molecular flexibility index (Phi) is 5.93. The van der Waals surface area contributed by atoms with Crippen molar-refractivity contribution in [2.75, 3.05) is 50.3 Å². The van der Waals surface area contributed by atoms with Crippen molar-refractivity contribution in [2.45, 2.75) is 0 Å². The van der Waals surface area contributed by atoms with Crippen molar-refractivity contribution in [3.05, 3.63) is 60.0 Å². The van der Waals surface area contributed by atoms with Gasteiger partial charge in [0, 0.05) is 30.7 Å². The average molecular weight is 370 g/mol. The largest absolute Gasteiger partial charge is 0.465 e. The van der Waals surface area contributed by atoms with Crippen molar-refractivity contribution in [2.24, 2.45) is 0 Å². The fourth-order valence-corrected chi connectivity index (χ4v) is 3.01. The summed E-state index contributed by atoms with van der Waals surface area (Å²) in [7, 11) is 2.56. The van der Waals surface area contributed by atoms with E-state index in [-0.39, 0.29) is 11.3 Å². The molecule has 0 unspecified atom stereocenters. The Labute approximate surface area is 158 Å². The number of benzene rings is 1. The van der Waals surface area contributed by atoms with Gasteiger partial charge in [-0.3, -0.25) is 0 Å². The molecule has 0 aromatic heterocycles. The molecule has 0 N–H and O–H groups in total. The summed E-state index contributed by atoms with van der Waals surface area (Å²) in [5.41, 5.74) is 2.05. The molecule has 2 aliphatic rings. The van der Waals surface area contributed by atoms with Crippen LogP contribution in [0.1, 0.15) is 0 Å². The number of hydrogen-bond donors (Lipinski definition) is 0. The zero-order valence-electron chi connectivity index (χ0n) is 15.4. The summed E-state index contributed by atoms with van der Waals surface area (Å²) in [5, 5.41) is 0. The highest BCUT2D eigenvalue weighted by molar-refractivity contribution is 6.05. The molecule has 3 rings (SSSR count). The van der Waals surface area contributed by atoms with E-state index < -0.39 is 11.9 Å². The van der Waals surface area contributed by atoms with E-state index >= 15 is 0 Å². The highest BCUT2D eigenvalue weighted by Crippen LogP contribution is 2.28. The molecule has 0 spiro atoms. The maximum Gasteiger partial charge on any atom is 0.355 e. The maximum atomic E-state index is 12.4. The van der Waals surface area contributed by atoms with Gasteiger partial charge in [0.05, 0.1) is 33.0 Å². The van der Waals surface area contributed by atoms with Crippen molar-refractivity contribution in [1.29, 1.82) is 0 Å². The summed E-state index contributed by atoms with van der Waals surface area (Å²) >= 11 is 0. The number of ether oxygens (including phenoxy) is 3. The Morgan fingerprint density at radius 2 is 1.56 bits per heavy atom. The Balaban J connectivity index is 1.97. The Morgan fingerprint density at radius 3 is 2.19 bits per heavy atom. The minimum atomic E-state index is -0.621. The van der Waals surface area contributed by atoms with Crippen molar-refractivity contribution in [1.82, 2.24) is 0 Å². The number of anilines is 2. The monoisotopic (exact) mass is 370 g/mol. The molecular weight excluding hydrogens is 348 g/mol. The Morgan fingerprint density at radius 1 is 0.926 bits per heavy atom. The van der Waals surface area contributed by atoms with Gasteiger partial charge < -0.3 is 24.0 Å². The van der Waals surface area contributed by atoms with E-state index in [1.807, 2.05) is 24.3 Å². The number of hydrogen-bond acceptors (Lipinski definition) is 7. The lowest BCUT2D eigenvalue weighted by Crippen LogP contribution is -2.36. The molecule has 0 bridgehead atoms. The molecule has 27 heavy (non-hydrogen) atoms. The van der Waals surface area contributed by atoms with Gasteiger partial charge in [0.25, 0.3) is 0 Å². The van der Waals surface area contributed by atoms with Crippen LogP contribution in [0.3, 0.4) is 0 Å². The Bertz CT molecular complexity index is 789. The van der Waals surface area contributed by atoms with Crippen LogP contribution in [0, 0.1) is 0 Å². The summed E-state index contributed by atoms with van der Waals surface area (Å²) in [6.07, 6.45) is 6.67. The number of allylic oxidation sites excluding steroid dienone is 2. The average Bonchev–Trinajstić information content (AvgIpc) is 2.96. The first-order valence-electron chi connectivity index (χ1n) is 8.63. The molecule has 0 aliphatic carbocycles. The molecule has 2 aliphatic heterocycles. The fourth-order valence-electron chi connectivity index (χ4n) is 3.01. The normalized spacial score (nSPS) is 17.0. The van der Waals surface area contributed by atoms with E-state index in [1.165, 1.54) is 20.3 Å². The molecular formula is C20H22N2O5. The van der Waals surface area contributed by atoms with Crippen LogP contribution in [0.15, 0.2) is 60.0 Å². The number of nitrogens with zero attached hydrogens (tertiary/aromatic N) is 2. The SMILES string of the molecule is COC(=O)C1=C(C(=O)OC)N(c2ccc(N3CCOCC3)cc2)C=CC=C1. The number of rotatable bonds is 4. The lowest BCUT2D eigenvalue weighted by Gasteiger charge is -2.29. The number of carbonyl (C=O) groups excluding carboxylic acids is 2. The van der Waals surface area contributed by atoms with E-state index in [1.54, 1.807) is 23.3 Å². The van der Waals surface area contributed by atoms with Crippen LogP contribution in [0.25, 0.3) is 0 Å². The van der Waals surface area contributed by atoms with Crippen molar-refractivity contribution in [3.8, 4) is 0 Å². The second-order valence-corrected chi connectivity index (χ2v) is 5.93. The van der Waals surface area contributed by atoms with Crippen LogP contribution in [-0.4, -0.2) is 52.5 Å². The van der Waals surface area contributed by atoms with Crippen LogP contribution >= 0.6 is 0 Å². The fraction of sp³-hybridized carbons (Fsp3) is 0.300. The summed E-state index contributed by atoms with van der Waals surface area (Å²) in [4.78, 5) is 28.5. The zero-order chi connectivity index (χ0) is 19.2. The zero-order valence-corrected chi connectivity index (χ0v) is 15.4. The molecule has 1 aromatic carbocycles. The quantitative estimate of drug-likeness (QED) is 0.751. The summed E-state index contributed by atoms with van der Waals surface area (Å²) in [5.74, 6) is -1.23. The van der Waals surface area contributed by atoms with E-state index in [9.17, 15) is 9.59 Å². The van der Waals surface area contributed by atoms with Crippen molar-refractivity contribution >= 4 is 23.3 Å². The highest BCUT2D eigenvalue weighted by atomic mass is 16.5. The van der Waals surface area contributed by atoms with Gasteiger partial charge in [-0.05, 0) is 36.4 Å². The van der Waals surface area contributed by atoms with E-state index in [4.69, 9.17) is 14.2 Å². The second-order valence-electron chi connectivity index (χ2n) is 5.93.